The van der Waals surface area contributed by atoms with E-state index in [1.807, 2.05) is 13.8 Å². The van der Waals surface area contributed by atoms with Crippen molar-refractivity contribution in [3.05, 3.63) is 11.5 Å². The van der Waals surface area contributed by atoms with Crippen LogP contribution in [0.25, 0.3) is 0 Å². The van der Waals surface area contributed by atoms with Gasteiger partial charge in [0.1, 0.15) is 0 Å². The second kappa shape index (κ2) is 3.22. The molecule has 0 radical (unpaired) electrons. The monoisotopic (exact) mass is 168 g/mol. The van der Waals surface area contributed by atoms with Crippen LogP contribution in [0, 0.1) is 5.92 Å². The molecule has 0 aromatic heterocycles. The average Bonchev–Trinajstić information content (AvgIpc) is 1.59. The maximum Gasteiger partial charge on any atom is 0.254 e. The molecule has 0 bridgehead atoms. The molecule has 0 spiro atoms. The lowest BCUT2D eigenvalue weighted by Crippen LogP contribution is -1.83. The Labute approximate surface area is 59.9 Å². The summed E-state index contributed by atoms with van der Waals surface area (Å²) in [6.07, 6.45) is 1.53. The Balaban J connectivity index is 4.03. The molecule has 0 aliphatic heterocycles. The Morgan fingerprint density at radius 2 is 1.89 bits per heavy atom. The predicted octanol–water partition coefficient (Wildman–Crippen LogP) is 1.72. The molecule has 54 valence electrons. The zero-order chi connectivity index (χ0) is 7.49. The molecule has 0 rings (SSSR count). The van der Waals surface area contributed by atoms with Crippen LogP contribution in [0.4, 0.5) is 0 Å². The molecular formula is C5H9ClO2S. The van der Waals surface area contributed by atoms with Gasteiger partial charge in [-0.3, -0.25) is 0 Å². The fourth-order valence-corrected chi connectivity index (χ4v) is 0.931. The van der Waals surface area contributed by atoms with Crippen LogP contribution in [0.1, 0.15) is 13.8 Å². The van der Waals surface area contributed by atoms with Gasteiger partial charge in [0.25, 0.3) is 9.05 Å². The summed E-state index contributed by atoms with van der Waals surface area (Å²) < 4.78 is 20.4. The molecule has 0 aliphatic rings. The molecule has 0 N–H and O–H groups in total. The number of hydrogen-bond acceptors (Lipinski definition) is 2. The Kier molecular flexibility index (Phi) is 3.22. The topological polar surface area (TPSA) is 34.1 Å². The highest BCUT2D eigenvalue weighted by Gasteiger charge is 1.95. The van der Waals surface area contributed by atoms with Crippen LogP contribution in [0.3, 0.4) is 0 Å². The molecule has 0 aromatic carbocycles. The molecule has 0 atom stereocenters. The first-order valence-corrected chi connectivity index (χ1v) is 4.92. The quantitative estimate of drug-likeness (QED) is 0.589. The van der Waals surface area contributed by atoms with Crippen molar-refractivity contribution in [1.82, 2.24) is 0 Å². The summed E-state index contributed by atoms with van der Waals surface area (Å²) in [6, 6.07) is 0. The van der Waals surface area contributed by atoms with Gasteiger partial charge in [0, 0.05) is 16.1 Å². The fraction of sp³-hybridized carbons (Fsp3) is 0.600. The van der Waals surface area contributed by atoms with E-state index < -0.39 is 9.05 Å². The highest BCUT2D eigenvalue weighted by molar-refractivity contribution is 8.16. The first kappa shape index (κ1) is 8.98. The molecule has 0 aliphatic carbocycles. The Hall–Kier alpha value is -0.0200. The molecule has 0 saturated heterocycles. The fourth-order valence-electron chi connectivity index (χ4n) is 0.251. The van der Waals surface area contributed by atoms with Gasteiger partial charge in [-0.05, 0) is 5.92 Å². The molecule has 0 unspecified atom stereocenters. The molecule has 0 saturated carbocycles. The molecule has 0 aromatic rings. The molecule has 0 fully saturated rings. The Morgan fingerprint density at radius 3 is 2.00 bits per heavy atom. The van der Waals surface area contributed by atoms with Gasteiger partial charge in [0.15, 0.2) is 0 Å². The zero-order valence-corrected chi connectivity index (χ0v) is 6.91. The molecule has 4 heteroatoms. The summed E-state index contributed by atoms with van der Waals surface area (Å²) in [4.78, 5) is 0. The molecule has 0 heterocycles. The number of halogens is 1. The standard InChI is InChI=1S/C5H9ClO2S/c1-5(2)3-4-9(6,7)8/h3-5H,1-2H3/b4-3+. The van der Waals surface area contributed by atoms with Gasteiger partial charge in [0.2, 0.25) is 0 Å². The summed E-state index contributed by atoms with van der Waals surface area (Å²) in [5.74, 6) is 0.221. The van der Waals surface area contributed by atoms with E-state index in [1.54, 1.807) is 0 Å². The second-order valence-electron chi connectivity index (χ2n) is 2.05. The summed E-state index contributed by atoms with van der Waals surface area (Å²) in [5, 5.41) is 0.999. The first-order chi connectivity index (χ1) is 3.92. The molecule has 0 amide bonds. The van der Waals surface area contributed by atoms with E-state index in [4.69, 9.17) is 10.7 Å². The third-order valence-corrected chi connectivity index (χ3v) is 1.42. The van der Waals surface area contributed by atoms with Crippen molar-refractivity contribution in [2.45, 2.75) is 13.8 Å². The van der Waals surface area contributed by atoms with E-state index in [1.165, 1.54) is 6.08 Å². The summed E-state index contributed by atoms with van der Waals surface area (Å²) in [5.41, 5.74) is 0. The van der Waals surface area contributed by atoms with Gasteiger partial charge >= 0.3 is 0 Å². The normalized spacial score (nSPS) is 13.3. The lowest BCUT2D eigenvalue weighted by molar-refractivity contribution is 0.617. The van der Waals surface area contributed by atoms with Crippen molar-refractivity contribution >= 4 is 19.7 Å². The zero-order valence-electron chi connectivity index (χ0n) is 5.33. The maximum atomic E-state index is 10.2. The van der Waals surface area contributed by atoms with Gasteiger partial charge in [0.05, 0.1) is 0 Å². The van der Waals surface area contributed by atoms with Gasteiger partial charge in [-0.1, -0.05) is 19.9 Å². The number of allylic oxidation sites excluding steroid dienone is 1. The molecule has 9 heavy (non-hydrogen) atoms. The average molecular weight is 169 g/mol. The summed E-state index contributed by atoms with van der Waals surface area (Å²) >= 11 is 0. The van der Waals surface area contributed by atoms with Crippen molar-refractivity contribution in [2.75, 3.05) is 0 Å². The Bertz CT molecular complexity index is 191. The third kappa shape index (κ3) is 7.98. The van der Waals surface area contributed by atoms with Crippen LogP contribution in [-0.4, -0.2) is 8.42 Å². The summed E-state index contributed by atoms with van der Waals surface area (Å²) in [7, 11) is 1.44. The minimum absolute atomic E-state index is 0.221. The van der Waals surface area contributed by atoms with Crippen LogP contribution >= 0.6 is 10.7 Å². The van der Waals surface area contributed by atoms with Crippen LogP contribution in [0.5, 0.6) is 0 Å². The van der Waals surface area contributed by atoms with E-state index in [0.717, 1.165) is 5.41 Å². The van der Waals surface area contributed by atoms with Crippen LogP contribution in [0.2, 0.25) is 0 Å². The van der Waals surface area contributed by atoms with E-state index in [2.05, 4.69) is 0 Å². The van der Waals surface area contributed by atoms with Gasteiger partial charge in [-0.2, -0.15) is 0 Å². The lowest BCUT2D eigenvalue weighted by Gasteiger charge is -1.89. The summed E-state index contributed by atoms with van der Waals surface area (Å²) in [6.45, 7) is 3.75. The molecular weight excluding hydrogens is 160 g/mol. The van der Waals surface area contributed by atoms with Crippen molar-refractivity contribution in [3.8, 4) is 0 Å². The highest BCUT2D eigenvalue weighted by Crippen LogP contribution is 2.01. The van der Waals surface area contributed by atoms with Crippen LogP contribution < -0.4 is 0 Å². The minimum atomic E-state index is -3.43. The van der Waals surface area contributed by atoms with Crippen molar-refractivity contribution in [2.24, 2.45) is 5.92 Å². The van der Waals surface area contributed by atoms with E-state index in [9.17, 15) is 8.42 Å². The largest absolute Gasteiger partial charge is 0.254 e. The Morgan fingerprint density at radius 1 is 1.44 bits per heavy atom. The third-order valence-electron chi connectivity index (χ3n) is 0.626. The van der Waals surface area contributed by atoms with E-state index in [-0.39, 0.29) is 5.92 Å². The highest BCUT2D eigenvalue weighted by atomic mass is 35.7. The van der Waals surface area contributed by atoms with Gasteiger partial charge < -0.3 is 0 Å². The van der Waals surface area contributed by atoms with E-state index >= 15 is 0 Å². The van der Waals surface area contributed by atoms with Gasteiger partial charge in [-0.25, -0.2) is 8.42 Å². The minimum Gasteiger partial charge on any atom is -0.208 e. The maximum absolute atomic E-state index is 10.2. The number of hydrogen-bond donors (Lipinski definition) is 0. The van der Waals surface area contributed by atoms with Crippen LogP contribution in [0.15, 0.2) is 11.5 Å². The predicted molar refractivity (Wildman–Crippen MR) is 38.8 cm³/mol. The second-order valence-corrected chi connectivity index (χ2v) is 4.56. The lowest BCUT2D eigenvalue weighted by atomic mass is 10.2. The SMILES string of the molecule is CC(C)/C=C/S(=O)(=O)Cl. The molecule has 2 nitrogen and oxygen atoms in total. The van der Waals surface area contributed by atoms with Crippen molar-refractivity contribution < 1.29 is 8.42 Å². The smallest absolute Gasteiger partial charge is 0.208 e. The first-order valence-electron chi connectivity index (χ1n) is 2.54. The van der Waals surface area contributed by atoms with Crippen LogP contribution in [-0.2, 0) is 9.05 Å². The van der Waals surface area contributed by atoms with Crippen molar-refractivity contribution in [3.63, 3.8) is 0 Å². The van der Waals surface area contributed by atoms with Gasteiger partial charge in [-0.15, -0.1) is 0 Å². The number of rotatable bonds is 2. The van der Waals surface area contributed by atoms with Crippen molar-refractivity contribution in [1.29, 1.82) is 0 Å². The van der Waals surface area contributed by atoms with E-state index in [0.29, 0.717) is 0 Å².